The van der Waals surface area contributed by atoms with Crippen LogP contribution in [0.4, 0.5) is 4.39 Å². The van der Waals surface area contributed by atoms with Gasteiger partial charge < -0.3 is 0 Å². The van der Waals surface area contributed by atoms with Crippen molar-refractivity contribution in [3.05, 3.63) is 77.7 Å². The summed E-state index contributed by atoms with van der Waals surface area (Å²) in [5.74, 6) is -0.543. The molecular formula is C21H17ClFN3O4S2. The number of rotatable bonds is 5. The van der Waals surface area contributed by atoms with Crippen LogP contribution in [0, 0.1) is 5.82 Å². The normalized spacial score (nSPS) is 12.5. The van der Waals surface area contributed by atoms with Gasteiger partial charge in [0.2, 0.25) is 10.0 Å². The predicted molar refractivity (Wildman–Crippen MR) is 120 cm³/mol. The summed E-state index contributed by atoms with van der Waals surface area (Å²) in [6, 6.07) is 13.9. The maximum atomic E-state index is 14.5. The highest BCUT2D eigenvalue weighted by Crippen LogP contribution is 2.33. The molecule has 0 aliphatic rings. The van der Waals surface area contributed by atoms with E-state index in [4.69, 9.17) is 11.6 Å². The van der Waals surface area contributed by atoms with Gasteiger partial charge in [0.1, 0.15) is 5.82 Å². The van der Waals surface area contributed by atoms with Gasteiger partial charge in [-0.15, -0.1) is 0 Å². The molecule has 4 rings (SSSR count). The molecule has 0 aliphatic carbocycles. The van der Waals surface area contributed by atoms with Crippen LogP contribution in [0.2, 0.25) is 5.02 Å². The van der Waals surface area contributed by atoms with Crippen molar-refractivity contribution in [3.8, 4) is 11.1 Å². The lowest BCUT2D eigenvalue weighted by Crippen LogP contribution is -2.22. The van der Waals surface area contributed by atoms with Crippen LogP contribution in [0.1, 0.15) is 0 Å². The molecule has 1 aromatic heterocycles. The molecule has 3 aromatic carbocycles. The second-order valence-electron chi connectivity index (χ2n) is 7.11. The summed E-state index contributed by atoms with van der Waals surface area (Å²) in [4.78, 5) is -0.171. The molecule has 11 heteroatoms. The molecule has 32 heavy (non-hydrogen) atoms. The van der Waals surface area contributed by atoms with Gasteiger partial charge in [-0.25, -0.2) is 17.1 Å². The molecule has 0 spiro atoms. The van der Waals surface area contributed by atoms with Crippen molar-refractivity contribution in [2.45, 2.75) is 9.79 Å². The van der Waals surface area contributed by atoms with Gasteiger partial charge in [-0.05, 0) is 54.1 Å². The molecular weight excluding hydrogens is 477 g/mol. The summed E-state index contributed by atoms with van der Waals surface area (Å²) in [6.07, 6.45) is 1.35. The van der Waals surface area contributed by atoms with Crippen molar-refractivity contribution >= 4 is 42.6 Å². The SMILES string of the molecule is CN(C)S(=O)(=O)c1ccc(S(=O)(=O)n2ncc3c(-c4ccc(Cl)cc4F)cccc32)cc1. The van der Waals surface area contributed by atoms with E-state index in [1.165, 1.54) is 56.7 Å². The van der Waals surface area contributed by atoms with Crippen molar-refractivity contribution in [1.29, 1.82) is 0 Å². The number of halogens is 2. The van der Waals surface area contributed by atoms with Crippen molar-refractivity contribution in [2.75, 3.05) is 14.1 Å². The fraction of sp³-hybridized carbons (Fsp3) is 0.0952. The molecule has 0 atom stereocenters. The first-order chi connectivity index (χ1) is 15.0. The van der Waals surface area contributed by atoms with Crippen LogP contribution in [0.15, 0.2) is 76.7 Å². The highest BCUT2D eigenvalue weighted by Gasteiger charge is 2.24. The first-order valence-corrected chi connectivity index (χ1v) is 12.5. The van der Waals surface area contributed by atoms with Crippen molar-refractivity contribution < 1.29 is 21.2 Å². The predicted octanol–water partition coefficient (Wildman–Crippen LogP) is 3.98. The molecule has 166 valence electrons. The minimum absolute atomic E-state index is 0.0349. The molecule has 0 amide bonds. The Morgan fingerprint density at radius 1 is 0.906 bits per heavy atom. The fourth-order valence-corrected chi connectivity index (χ4v) is 5.59. The summed E-state index contributed by atoms with van der Waals surface area (Å²) in [7, 11) is -5.07. The molecule has 0 aliphatic heterocycles. The monoisotopic (exact) mass is 493 g/mol. The second-order valence-corrected chi connectivity index (χ2v) is 11.5. The number of benzene rings is 3. The van der Waals surface area contributed by atoms with E-state index in [2.05, 4.69) is 5.10 Å². The van der Waals surface area contributed by atoms with Gasteiger partial charge in [0.25, 0.3) is 10.0 Å². The number of aromatic nitrogens is 2. The maximum absolute atomic E-state index is 14.5. The maximum Gasteiger partial charge on any atom is 0.283 e. The summed E-state index contributed by atoms with van der Waals surface area (Å²) in [5, 5.41) is 4.71. The topological polar surface area (TPSA) is 89.3 Å². The molecule has 0 saturated heterocycles. The molecule has 7 nitrogen and oxygen atoms in total. The van der Waals surface area contributed by atoms with E-state index >= 15 is 0 Å². The van der Waals surface area contributed by atoms with Gasteiger partial charge in [0.15, 0.2) is 0 Å². The molecule has 0 saturated carbocycles. The Morgan fingerprint density at radius 2 is 1.56 bits per heavy atom. The third kappa shape index (κ3) is 3.69. The van der Waals surface area contributed by atoms with Crippen LogP contribution < -0.4 is 0 Å². The fourth-order valence-electron chi connectivity index (χ4n) is 3.26. The van der Waals surface area contributed by atoms with E-state index in [-0.39, 0.29) is 25.9 Å². The van der Waals surface area contributed by atoms with Gasteiger partial charge in [-0.1, -0.05) is 23.7 Å². The van der Waals surface area contributed by atoms with Crippen LogP contribution in [-0.2, 0) is 20.0 Å². The molecule has 0 radical (unpaired) electrons. The summed E-state index contributed by atoms with van der Waals surface area (Å²) in [5.41, 5.74) is 0.975. The van der Waals surface area contributed by atoms with Crippen LogP contribution in [-0.4, -0.2) is 44.4 Å². The zero-order valence-corrected chi connectivity index (χ0v) is 19.3. The Balaban J connectivity index is 1.82. The van der Waals surface area contributed by atoms with Crippen molar-refractivity contribution in [1.82, 2.24) is 13.5 Å². The number of hydrogen-bond acceptors (Lipinski definition) is 5. The standard InChI is InChI=1S/C21H17ClFN3O4S2/c1-25(2)31(27,28)15-7-9-16(10-8-15)32(29,30)26-21-5-3-4-17(19(21)13-24-26)18-11-6-14(22)12-20(18)23/h3-13H,1-2H3. The number of fused-ring (bicyclic) bond motifs is 1. The van der Waals surface area contributed by atoms with Crippen LogP contribution in [0.25, 0.3) is 22.0 Å². The summed E-state index contributed by atoms with van der Waals surface area (Å²) in [6.45, 7) is 0. The Morgan fingerprint density at radius 3 is 2.19 bits per heavy atom. The highest BCUT2D eigenvalue weighted by molar-refractivity contribution is 7.90. The van der Waals surface area contributed by atoms with Gasteiger partial charge in [-0.2, -0.15) is 17.6 Å². The Kier molecular flexibility index (Phi) is 5.58. The first-order valence-electron chi connectivity index (χ1n) is 9.24. The van der Waals surface area contributed by atoms with Gasteiger partial charge >= 0.3 is 0 Å². The molecule has 0 fully saturated rings. The Labute approximate surface area is 189 Å². The van der Waals surface area contributed by atoms with Crippen molar-refractivity contribution in [2.24, 2.45) is 0 Å². The van der Waals surface area contributed by atoms with E-state index in [1.54, 1.807) is 24.3 Å². The average Bonchev–Trinajstić information content (AvgIpc) is 3.19. The molecule has 4 aromatic rings. The summed E-state index contributed by atoms with van der Waals surface area (Å²) >= 11 is 5.83. The lowest BCUT2D eigenvalue weighted by atomic mass is 10.0. The lowest BCUT2D eigenvalue weighted by molar-refractivity contribution is 0.520. The van der Waals surface area contributed by atoms with Crippen LogP contribution in [0.3, 0.4) is 0 Å². The third-order valence-electron chi connectivity index (χ3n) is 4.93. The average molecular weight is 494 g/mol. The van der Waals surface area contributed by atoms with E-state index in [0.717, 1.165) is 8.39 Å². The smallest absolute Gasteiger partial charge is 0.207 e. The number of sulfonamides is 1. The minimum Gasteiger partial charge on any atom is -0.207 e. The van der Waals surface area contributed by atoms with Crippen molar-refractivity contribution in [3.63, 3.8) is 0 Å². The number of nitrogens with zero attached hydrogens (tertiary/aromatic N) is 3. The van der Waals surface area contributed by atoms with Gasteiger partial charge in [0, 0.05) is 30.1 Å². The Bertz CT molecular complexity index is 1550. The third-order valence-corrected chi connectivity index (χ3v) is 8.61. The molecule has 0 unspecified atom stereocenters. The van der Waals surface area contributed by atoms with Crippen LogP contribution in [0.5, 0.6) is 0 Å². The van der Waals surface area contributed by atoms with Gasteiger partial charge in [0.05, 0.1) is 21.5 Å². The minimum atomic E-state index is -4.14. The molecule has 1 heterocycles. The number of hydrogen-bond donors (Lipinski definition) is 0. The highest BCUT2D eigenvalue weighted by atomic mass is 35.5. The summed E-state index contributed by atoms with van der Waals surface area (Å²) < 4.78 is 67.3. The Hall–Kier alpha value is -2.79. The van der Waals surface area contributed by atoms with E-state index in [0.29, 0.717) is 10.9 Å². The quantitative estimate of drug-likeness (QED) is 0.419. The second kappa shape index (κ2) is 7.96. The zero-order chi connectivity index (χ0) is 23.3. The van der Waals surface area contributed by atoms with Crippen LogP contribution >= 0.6 is 11.6 Å². The lowest BCUT2D eigenvalue weighted by Gasteiger charge is -2.12. The van der Waals surface area contributed by atoms with E-state index in [9.17, 15) is 21.2 Å². The van der Waals surface area contributed by atoms with E-state index in [1.807, 2.05) is 0 Å². The van der Waals surface area contributed by atoms with Gasteiger partial charge in [-0.3, -0.25) is 0 Å². The largest absolute Gasteiger partial charge is 0.283 e. The van der Waals surface area contributed by atoms with E-state index < -0.39 is 25.9 Å². The molecule has 0 bridgehead atoms. The molecule has 0 N–H and O–H groups in total. The first kappa shape index (κ1) is 22.4. The zero-order valence-electron chi connectivity index (χ0n) is 16.9.